The molecule has 0 amide bonds. The number of aromatic nitrogens is 1. The second-order valence-electron chi connectivity index (χ2n) is 5.30. The van der Waals surface area contributed by atoms with E-state index in [1.54, 1.807) is 0 Å². The molecule has 0 saturated carbocycles. The number of sulfonamides is 1. The molecule has 1 aromatic rings. The van der Waals surface area contributed by atoms with E-state index >= 15 is 0 Å². The summed E-state index contributed by atoms with van der Waals surface area (Å²) in [5, 5.41) is 0.154. The van der Waals surface area contributed by atoms with Crippen molar-refractivity contribution in [1.82, 2.24) is 14.6 Å². The average molecular weight is 317 g/mol. The molecule has 0 aliphatic carbocycles. The summed E-state index contributed by atoms with van der Waals surface area (Å²) in [5.41, 5.74) is 5.50. The molecule has 2 aliphatic rings. The van der Waals surface area contributed by atoms with Crippen molar-refractivity contribution < 1.29 is 8.42 Å². The van der Waals surface area contributed by atoms with Crippen molar-refractivity contribution in [3.05, 3.63) is 17.3 Å². The van der Waals surface area contributed by atoms with E-state index in [4.69, 9.17) is 17.3 Å². The normalized spacial score (nSPS) is 26.9. The minimum Gasteiger partial charge on any atom is -0.382 e. The van der Waals surface area contributed by atoms with Crippen molar-refractivity contribution in [3.8, 4) is 0 Å². The lowest BCUT2D eigenvalue weighted by Crippen LogP contribution is -2.42. The van der Waals surface area contributed by atoms with Gasteiger partial charge in [-0.3, -0.25) is 4.90 Å². The van der Waals surface area contributed by atoms with Crippen LogP contribution in [0.5, 0.6) is 0 Å². The molecule has 6 nitrogen and oxygen atoms in total. The number of anilines is 1. The minimum absolute atomic E-state index is 0.0289. The lowest BCUT2D eigenvalue weighted by atomic mass is 10.1. The van der Waals surface area contributed by atoms with Gasteiger partial charge in [-0.2, -0.15) is 0 Å². The SMILES string of the molecule is Nc1ncc(S(=O)(=O)NC2CCN3CCCC23)cc1Cl. The lowest BCUT2D eigenvalue weighted by molar-refractivity contribution is 0.309. The van der Waals surface area contributed by atoms with Crippen molar-refractivity contribution in [3.63, 3.8) is 0 Å². The van der Waals surface area contributed by atoms with Crippen molar-refractivity contribution in [2.24, 2.45) is 0 Å². The molecule has 0 bridgehead atoms. The van der Waals surface area contributed by atoms with Gasteiger partial charge in [0, 0.05) is 24.8 Å². The Hall–Kier alpha value is -0.890. The molecule has 3 rings (SSSR count). The number of hydrogen-bond donors (Lipinski definition) is 2. The average Bonchev–Trinajstić information content (AvgIpc) is 2.97. The van der Waals surface area contributed by atoms with Gasteiger partial charge in [-0.05, 0) is 31.9 Å². The number of nitrogens with two attached hydrogens (primary N) is 1. The maximum atomic E-state index is 12.4. The molecule has 110 valence electrons. The Bertz CT molecular complexity index is 622. The fourth-order valence-electron chi connectivity index (χ4n) is 3.07. The summed E-state index contributed by atoms with van der Waals surface area (Å²) in [6.07, 6.45) is 4.27. The Morgan fingerprint density at radius 1 is 1.40 bits per heavy atom. The van der Waals surface area contributed by atoms with Crippen LogP contribution >= 0.6 is 11.6 Å². The van der Waals surface area contributed by atoms with E-state index in [0.717, 1.165) is 32.4 Å². The van der Waals surface area contributed by atoms with Gasteiger partial charge in [0.25, 0.3) is 0 Å². The monoisotopic (exact) mass is 316 g/mol. The van der Waals surface area contributed by atoms with Crippen molar-refractivity contribution in [2.45, 2.75) is 36.2 Å². The third-order valence-corrected chi connectivity index (χ3v) is 5.83. The number of fused-ring (bicyclic) bond motifs is 1. The Morgan fingerprint density at radius 2 is 2.20 bits per heavy atom. The van der Waals surface area contributed by atoms with Crippen LogP contribution in [0.1, 0.15) is 19.3 Å². The predicted molar refractivity (Wildman–Crippen MR) is 77.0 cm³/mol. The molecule has 2 unspecified atom stereocenters. The van der Waals surface area contributed by atoms with E-state index in [1.807, 2.05) is 0 Å². The zero-order valence-corrected chi connectivity index (χ0v) is 12.5. The van der Waals surface area contributed by atoms with Crippen LogP contribution in [0.25, 0.3) is 0 Å². The van der Waals surface area contributed by atoms with E-state index in [1.165, 1.54) is 12.3 Å². The lowest BCUT2D eigenvalue weighted by Gasteiger charge is -2.21. The molecule has 2 fully saturated rings. The van der Waals surface area contributed by atoms with Crippen LogP contribution in [0, 0.1) is 0 Å². The topological polar surface area (TPSA) is 88.3 Å². The Balaban J connectivity index is 1.80. The van der Waals surface area contributed by atoms with Gasteiger partial charge in [-0.25, -0.2) is 18.1 Å². The molecule has 0 spiro atoms. The molecule has 3 heterocycles. The van der Waals surface area contributed by atoms with Crippen LogP contribution in [0.3, 0.4) is 0 Å². The fourth-order valence-corrected chi connectivity index (χ4v) is 4.57. The molecular weight excluding hydrogens is 300 g/mol. The molecule has 3 N–H and O–H groups in total. The van der Waals surface area contributed by atoms with Crippen molar-refractivity contribution in [2.75, 3.05) is 18.8 Å². The Kier molecular flexibility index (Phi) is 3.62. The number of halogens is 1. The van der Waals surface area contributed by atoms with Gasteiger partial charge < -0.3 is 5.73 Å². The molecule has 0 aromatic carbocycles. The number of rotatable bonds is 3. The van der Waals surface area contributed by atoms with E-state index < -0.39 is 10.0 Å². The third kappa shape index (κ3) is 2.50. The van der Waals surface area contributed by atoms with Crippen LogP contribution in [-0.4, -0.2) is 43.5 Å². The molecule has 8 heteroatoms. The van der Waals surface area contributed by atoms with Gasteiger partial charge >= 0.3 is 0 Å². The summed E-state index contributed by atoms with van der Waals surface area (Å²) in [7, 11) is -3.60. The van der Waals surface area contributed by atoms with Crippen molar-refractivity contribution >= 4 is 27.4 Å². The maximum absolute atomic E-state index is 12.4. The minimum atomic E-state index is -3.60. The number of nitrogens with zero attached hydrogens (tertiary/aromatic N) is 2. The van der Waals surface area contributed by atoms with Crippen LogP contribution in [0.4, 0.5) is 5.82 Å². The quantitative estimate of drug-likeness (QED) is 0.862. The largest absolute Gasteiger partial charge is 0.382 e. The van der Waals surface area contributed by atoms with Gasteiger partial charge in [0.1, 0.15) is 10.7 Å². The number of pyridine rings is 1. The number of nitrogens with one attached hydrogen (secondary N) is 1. The second-order valence-corrected chi connectivity index (χ2v) is 7.42. The standard InChI is InChI=1S/C12H17ClN4O2S/c13-9-6-8(7-15-12(9)14)20(18,19)16-10-3-5-17-4-1-2-11(10)17/h6-7,10-11,16H,1-5H2,(H2,14,15). The summed E-state index contributed by atoms with van der Waals surface area (Å²) >= 11 is 5.84. The first kappa shape index (κ1) is 14.1. The maximum Gasteiger partial charge on any atom is 0.242 e. The third-order valence-electron chi connectivity index (χ3n) is 4.07. The molecule has 1 aromatic heterocycles. The fraction of sp³-hybridized carbons (Fsp3) is 0.583. The van der Waals surface area contributed by atoms with E-state index in [2.05, 4.69) is 14.6 Å². The molecule has 0 radical (unpaired) electrons. The van der Waals surface area contributed by atoms with Crippen LogP contribution < -0.4 is 10.5 Å². The molecule has 20 heavy (non-hydrogen) atoms. The van der Waals surface area contributed by atoms with Gasteiger partial charge in [-0.1, -0.05) is 11.6 Å². The number of hydrogen-bond acceptors (Lipinski definition) is 5. The smallest absolute Gasteiger partial charge is 0.242 e. The first-order valence-corrected chi connectivity index (χ1v) is 8.51. The summed E-state index contributed by atoms with van der Waals surface area (Å²) < 4.78 is 27.5. The van der Waals surface area contributed by atoms with Crippen LogP contribution in [0.2, 0.25) is 5.02 Å². The first-order chi connectivity index (χ1) is 9.47. The zero-order valence-electron chi connectivity index (χ0n) is 10.9. The summed E-state index contributed by atoms with van der Waals surface area (Å²) in [6, 6.07) is 1.63. The zero-order chi connectivity index (χ0) is 14.3. The molecule has 2 saturated heterocycles. The highest BCUT2D eigenvalue weighted by Gasteiger charge is 2.39. The highest BCUT2D eigenvalue weighted by Crippen LogP contribution is 2.29. The first-order valence-electron chi connectivity index (χ1n) is 6.65. The second kappa shape index (κ2) is 5.14. The Morgan fingerprint density at radius 3 is 2.95 bits per heavy atom. The van der Waals surface area contributed by atoms with Crippen LogP contribution in [-0.2, 0) is 10.0 Å². The van der Waals surface area contributed by atoms with Gasteiger partial charge in [0.15, 0.2) is 0 Å². The van der Waals surface area contributed by atoms with Crippen LogP contribution in [0.15, 0.2) is 17.2 Å². The summed E-state index contributed by atoms with van der Waals surface area (Å²) in [4.78, 5) is 6.21. The van der Waals surface area contributed by atoms with Gasteiger partial charge in [-0.15, -0.1) is 0 Å². The Labute approximate surface area is 123 Å². The highest BCUT2D eigenvalue weighted by atomic mass is 35.5. The predicted octanol–water partition coefficient (Wildman–Crippen LogP) is 0.832. The van der Waals surface area contributed by atoms with E-state index in [-0.39, 0.29) is 21.8 Å². The van der Waals surface area contributed by atoms with E-state index in [9.17, 15) is 8.42 Å². The number of nitrogen functional groups attached to an aromatic ring is 1. The summed E-state index contributed by atoms with van der Waals surface area (Å²) in [5.74, 6) is 0.133. The molecule has 2 aliphatic heterocycles. The summed E-state index contributed by atoms with van der Waals surface area (Å²) in [6.45, 7) is 2.02. The highest BCUT2D eigenvalue weighted by molar-refractivity contribution is 7.89. The molecule has 2 atom stereocenters. The van der Waals surface area contributed by atoms with Gasteiger partial charge in [0.2, 0.25) is 10.0 Å². The van der Waals surface area contributed by atoms with E-state index in [0.29, 0.717) is 6.04 Å². The van der Waals surface area contributed by atoms with Gasteiger partial charge in [0.05, 0.1) is 5.02 Å². The van der Waals surface area contributed by atoms with Crippen molar-refractivity contribution in [1.29, 1.82) is 0 Å². The molecular formula is C12H17ClN4O2S.